The lowest BCUT2D eigenvalue weighted by molar-refractivity contribution is 0.0697. The molecule has 1 heterocycles. The summed E-state index contributed by atoms with van der Waals surface area (Å²) in [5, 5.41) is 9.53. The van der Waals surface area contributed by atoms with Crippen molar-refractivity contribution in [1.82, 2.24) is 0 Å². The van der Waals surface area contributed by atoms with Crippen LogP contribution in [0.4, 0.5) is 4.39 Å². The second kappa shape index (κ2) is 3.38. The van der Waals surface area contributed by atoms with Crippen molar-refractivity contribution in [3.05, 3.63) is 34.7 Å². The van der Waals surface area contributed by atoms with Crippen LogP contribution in [0.25, 0.3) is 10.1 Å². The van der Waals surface area contributed by atoms with Crippen LogP contribution in [0.5, 0.6) is 0 Å². The Morgan fingerprint density at radius 2 is 2.21 bits per heavy atom. The molecule has 14 heavy (non-hydrogen) atoms. The van der Waals surface area contributed by atoms with E-state index in [1.54, 1.807) is 18.2 Å². The zero-order valence-electron chi connectivity index (χ0n) is 7.16. The van der Waals surface area contributed by atoms with Gasteiger partial charge in [-0.3, -0.25) is 0 Å². The third-order valence-electron chi connectivity index (χ3n) is 1.95. The number of thiophene rings is 1. The molecular weight excluding hydrogens is 203 g/mol. The van der Waals surface area contributed by atoms with Gasteiger partial charge in [-0.15, -0.1) is 11.3 Å². The van der Waals surface area contributed by atoms with E-state index in [0.717, 1.165) is 10.1 Å². The van der Waals surface area contributed by atoms with E-state index in [2.05, 4.69) is 0 Å². The standard InChI is InChI=1S/C10H7FO2S/c11-5-8-4-7-3-6(10(12)13)1-2-9(7)14-8/h1-4H,5H2,(H,12,13). The molecule has 2 nitrogen and oxygen atoms in total. The molecule has 2 rings (SSSR count). The number of carboxylic acids is 1. The van der Waals surface area contributed by atoms with Gasteiger partial charge in [-0.1, -0.05) is 0 Å². The fraction of sp³-hybridized carbons (Fsp3) is 0.100. The van der Waals surface area contributed by atoms with Gasteiger partial charge in [-0.25, -0.2) is 9.18 Å². The van der Waals surface area contributed by atoms with E-state index in [4.69, 9.17) is 5.11 Å². The van der Waals surface area contributed by atoms with Gasteiger partial charge in [0, 0.05) is 9.58 Å². The first-order valence-corrected chi connectivity index (χ1v) is 4.84. The number of rotatable bonds is 2. The highest BCUT2D eigenvalue weighted by Gasteiger charge is 2.06. The van der Waals surface area contributed by atoms with Crippen LogP contribution in [0.2, 0.25) is 0 Å². The van der Waals surface area contributed by atoms with Crippen LogP contribution in [0.15, 0.2) is 24.3 Å². The van der Waals surface area contributed by atoms with Gasteiger partial charge in [0.2, 0.25) is 0 Å². The molecule has 0 atom stereocenters. The smallest absolute Gasteiger partial charge is 0.335 e. The van der Waals surface area contributed by atoms with E-state index < -0.39 is 12.6 Å². The number of hydrogen-bond acceptors (Lipinski definition) is 2. The first kappa shape index (κ1) is 9.15. The Morgan fingerprint density at radius 1 is 1.43 bits per heavy atom. The molecule has 0 aliphatic rings. The Hall–Kier alpha value is -1.42. The van der Waals surface area contributed by atoms with E-state index in [-0.39, 0.29) is 5.56 Å². The van der Waals surface area contributed by atoms with Crippen LogP contribution in [0.1, 0.15) is 15.2 Å². The van der Waals surface area contributed by atoms with Crippen LogP contribution < -0.4 is 0 Å². The Morgan fingerprint density at radius 3 is 2.86 bits per heavy atom. The minimum Gasteiger partial charge on any atom is -0.478 e. The lowest BCUT2D eigenvalue weighted by Crippen LogP contribution is -1.94. The minimum absolute atomic E-state index is 0.237. The number of hydrogen-bond donors (Lipinski definition) is 1. The average molecular weight is 210 g/mol. The van der Waals surface area contributed by atoms with Gasteiger partial charge in [0.05, 0.1) is 5.56 Å². The molecule has 0 aliphatic carbocycles. The zero-order chi connectivity index (χ0) is 10.1. The molecule has 0 aliphatic heterocycles. The molecule has 1 aromatic heterocycles. The van der Waals surface area contributed by atoms with Crippen LogP contribution in [-0.2, 0) is 6.67 Å². The van der Waals surface area contributed by atoms with Gasteiger partial charge in [0.1, 0.15) is 6.67 Å². The molecule has 1 aromatic carbocycles. The summed E-state index contributed by atoms with van der Waals surface area (Å²) in [5.74, 6) is -0.958. The number of halogens is 1. The molecule has 0 unspecified atom stereocenters. The maximum absolute atomic E-state index is 12.3. The normalized spacial score (nSPS) is 10.6. The molecule has 0 spiro atoms. The molecule has 1 N–H and O–H groups in total. The highest BCUT2D eigenvalue weighted by Crippen LogP contribution is 2.27. The SMILES string of the molecule is O=C(O)c1ccc2sc(CF)cc2c1. The summed E-state index contributed by atoms with van der Waals surface area (Å²) >= 11 is 1.35. The van der Waals surface area contributed by atoms with Gasteiger partial charge in [0.15, 0.2) is 0 Å². The summed E-state index contributed by atoms with van der Waals surface area (Å²) in [4.78, 5) is 11.3. The first-order chi connectivity index (χ1) is 6.70. The Balaban J connectivity index is 2.59. The average Bonchev–Trinajstić information content (AvgIpc) is 2.58. The topological polar surface area (TPSA) is 37.3 Å². The summed E-state index contributed by atoms with van der Waals surface area (Å²) in [5.41, 5.74) is 0.237. The van der Waals surface area contributed by atoms with E-state index in [0.29, 0.717) is 4.88 Å². The van der Waals surface area contributed by atoms with Crippen molar-refractivity contribution in [2.45, 2.75) is 6.67 Å². The number of benzene rings is 1. The monoisotopic (exact) mass is 210 g/mol. The summed E-state index contributed by atoms with van der Waals surface area (Å²) in [6.45, 7) is -0.498. The summed E-state index contributed by atoms with van der Waals surface area (Å²) < 4.78 is 13.2. The van der Waals surface area contributed by atoms with E-state index in [1.165, 1.54) is 17.4 Å². The second-order valence-corrected chi connectivity index (χ2v) is 4.07. The summed E-state index contributed by atoms with van der Waals surface area (Å²) in [6, 6.07) is 6.49. The number of carboxylic acid groups (broad SMARTS) is 1. The lowest BCUT2D eigenvalue weighted by Gasteiger charge is -1.92. The van der Waals surface area contributed by atoms with Crippen molar-refractivity contribution < 1.29 is 14.3 Å². The largest absolute Gasteiger partial charge is 0.478 e. The molecule has 0 saturated heterocycles. The lowest BCUT2D eigenvalue weighted by atomic mass is 10.1. The van der Waals surface area contributed by atoms with Gasteiger partial charge in [0.25, 0.3) is 0 Å². The van der Waals surface area contributed by atoms with Crippen LogP contribution in [0.3, 0.4) is 0 Å². The van der Waals surface area contributed by atoms with Gasteiger partial charge in [-0.05, 0) is 29.7 Å². The molecule has 0 bridgehead atoms. The first-order valence-electron chi connectivity index (χ1n) is 4.02. The number of aromatic carboxylic acids is 1. The molecule has 72 valence electrons. The molecule has 0 amide bonds. The minimum atomic E-state index is -0.958. The van der Waals surface area contributed by atoms with Crippen molar-refractivity contribution >= 4 is 27.4 Å². The van der Waals surface area contributed by atoms with Crippen LogP contribution in [0, 0.1) is 0 Å². The van der Waals surface area contributed by atoms with Gasteiger partial charge in [-0.2, -0.15) is 0 Å². The van der Waals surface area contributed by atoms with Crippen LogP contribution in [-0.4, -0.2) is 11.1 Å². The number of alkyl halides is 1. The molecular formula is C10H7FO2S. The zero-order valence-corrected chi connectivity index (χ0v) is 7.97. The predicted octanol–water partition coefficient (Wildman–Crippen LogP) is 3.07. The highest BCUT2D eigenvalue weighted by atomic mass is 32.1. The van der Waals surface area contributed by atoms with E-state index in [1.807, 2.05) is 0 Å². The van der Waals surface area contributed by atoms with Crippen molar-refractivity contribution in [2.24, 2.45) is 0 Å². The predicted molar refractivity (Wildman–Crippen MR) is 53.6 cm³/mol. The molecule has 0 saturated carbocycles. The van der Waals surface area contributed by atoms with Crippen molar-refractivity contribution in [3.63, 3.8) is 0 Å². The third-order valence-corrected chi connectivity index (χ3v) is 3.03. The Labute approximate surface area is 83.6 Å². The molecule has 2 aromatic rings. The van der Waals surface area contributed by atoms with E-state index >= 15 is 0 Å². The fourth-order valence-corrected chi connectivity index (χ4v) is 2.19. The quantitative estimate of drug-likeness (QED) is 0.827. The third kappa shape index (κ3) is 1.48. The second-order valence-electron chi connectivity index (χ2n) is 2.90. The van der Waals surface area contributed by atoms with Crippen LogP contribution >= 0.6 is 11.3 Å². The number of fused-ring (bicyclic) bond motifs is 1. The van der Waals surface area contributed by atoms with Crippen molar-refractivity contribution in [3.8, 4) is 0 Å². The van der Waals surface area contributed by atoms with Gasteiger partial charge < -0.3 is 5.11 Å². The Bertz CT molecular complexity index is 490. The maximum atomic E-state index is 12.3. The maximum Gasteiger partial charge on any atom is 0.335 e. The fourth-order valence-electron chi connectivity index (χ4n) is 1.30. The molecule has 0 radical (unpaired) electrons. The molecule has 0 fully saturated rings. The van der Waals surface area contributed by atoms with Gasteiger partial charge >= 0.3 is 5.97 Å². The highest BCUT2D eigenvalue weighted by molar-refractivity contribution is 7.19. The number of carbonyl (C=O) groups is 1. The van der Waals surface area contributed by atoms with E-state index in [9.17, 15) is 9.18 Å². The van der Waals surface area contributed by atoms with Crippen molar-refractivity contribution in [2.75, 3.05) is 0 Å². The van der Waals surface area contributed by atoms with Crippen molar-refractivity contribution in [1.29, 1.82) is 0 Å². The molecule has 4 heteroatoms. The Kier molecular flexibility index (Phi) is 2.21. The summed E-state index contributed by atoms with van der Waals surface area (Å²) in [7, 11) is 0. The summed E-state index contributed by atoms with van der Waals surface area (Å²) in [6.07, 6.45) is 0.